The third-order valence-corrected chi connectivity index (χ3v) is 5.83. The summed E-state index contributed by atoms with van der Waals surface area (Å²) in [5.74, 6) is -0.115. The number of aryl methyl sites for hydroxylation is 1. The van der Waals surface area contributed by atoms with Gasteiger partial charge in [0.05, 0.1) is 12.3 Å². The molecule has 1 unspecified atom stereocenters. The van der Waals surface area contributed by atoms with E-state index in [0.717, 1.165) is 17.8 Å². The zero-order chi connectivity index (χ0) is 22.2. The molecule has 1 aromatic carbocycles. The molecule has 3 aromatic rings. The van der Waals surface area contributed by atoms with E-state index in [0.29, 0.717) is 6.54 Å². The van der Waals surface area contributed by atoms with Crippen molar-refractivity contribution in [3.63, 3.8) is 0 Å². The van der Waals surface area contributed by atoms with Crippen LogP contribution in [0.4, 0.5) is 0 Å². The molecule has 0 bridgehead atoms. The quantitative estimate of drug-likeness (QED) is 0.635. The number of hydrogen-bond acceptors (Lipinski definition) is 3. The minimum absolute atomic E-state index is 0.00783. The maximum absolute atomic E-state index is 13.6. The van der Waals surface area contributed by atoms with E-state index in [1.165, 1.54) is 11.8 Å². The Balaban J connectivity index is 1.65. The van der Waals surface area contributed by atoms with Crippen LogP contribution in [0.15, 0.2) is 65.4 Å². The normalized spacial score (nSPS) is 16.1. The lowest BCUT2D eigenvalue weighted by Crippen LogP contribution is -2.53. The number of nitrogens with zero attached hydrogens (tertiary/aromatic N) is 3. The molecule has 6 nitrogen and oxygen atoms in total. The number of furan rings is 1. The van der Waals surface area contributed by atoms with Crippen molar-refractivity contribution in [3.8, 4) is 0 Å². The van der Waals surface area contributed by atoms with Crippen LogP contribution in [0.5, 0.6) is 0 Å². The number of carbonyl (C=O) groups excluding carboxylic acids is 2. The molecule has 1 aliphatic heterocycles. The van der Waals surface area contributed by atoms with Crippen molar-refractivity contribution in [3.05, 3.63) is 83.6 Å². The molecule has 2 aromatic heterocycles. The monoisotopic (exact) mass is 419 g/mol. The van der Waals surface area contributed by atoms with Gasteiger partial charge in [-0.3, -0.25) is 9.59 Å². The van der Waals surface area contributed by atoms with E-state index in [1.54, 1.807) is 17.0 Å². The van der Waals surface area contributed by atoms with Gasteiger partial charge in [0.25, 0.3) is 5.91 Å². The topological polar surface area (TPSA) is 58.7 Å². The van der Waals surface area contributed by atoms with Crippen molar-refractivity contribution < 1.29 is 14.0 Å². The number of fused-ring (bicyclic) bond motifs is 1. The largest absolute Gasteiger partial charge is 0.459 e. The van der Waals surface area contributed by atoms with Gasteiger partial charge in [0.15, 0.2) is 5.76 Å². The fourth-order valence-corrected chi connectivity index (χ4v) is 4.12. The van der Waals surface area contributed by atoms with Crippen LogP contribution in [-0.2, 0) is 11.3 Å². The third-order valence-electron chi connectivity index (χ3n) is 5.83. The molecule has 4 rings (SSSR count). The van der Waals surface area contributed by atoms with Crippen LogP contribution in [0.1, 0.15) is 54.2 Å². The third kappa shape index (κ3) is 4.15. The van der Waals surface area contributed by atoms with Gasteiger partial charge >= 0.3 is 0 Å². The Morgan fingerprint density at radius 3 is 2.45 bits per heavy atom. The Hall–Kier alpha value is -3.28. The van der Waals surface area contributed by atoms with Crippen molar-refractivity contribution in [1.29, 1.82) is 0 Å². The number of amides is 2. The van der Waals surface area contributed by atoms with Gasteiger partial charge in [-0.25, -0.2) is 0 Å². The summed E-state index contributed by atoms with van der Waals surface area (Å²) < 4.78 is 7.51. The predicted molar refractivity (Wildman–Crippen MR) is 119 cm³/mol. The predicted octanol–water partition coefficient (Wildman–Crippen LogP) is 4.26. The molecular formula is C25H29N3O3. The van der Waals surface area contributed by atoms with E-state index in [2.05, 4.69) is 48.0 Å². The van der Waals surface area contributed by atoms with Gasteiger partial charge in [0.2, 0.25) is 5.91 Å². The molecule has 31 heavy (non-hydrogen) atoms. The Morgan fingerprint density at radius 2 is 1.81 bits per heavy atom. The van der Waals surface area contributed by atoms with Gasteiger partial charge in [0, 0.05) is 30.5 Å². The lowest BCUT2D eigenvalue weighted by Gasteiger charge is -2.40. The Labute approximate surface area is 183 Å². The van der Waals surface area contributed by atoms with E-state index in [4.69, 9.17) is 4.42 Å². The van der Waals surface area contributed by atoms with Gasteiger partial charge < -0.3 is 18.8 Å². The van der Waals surface area contributed by atoms with Crippen LogP contribution in [0.25, 0.3) is 0 Å². The molecule has 0 fully saturated rings. The van der Waals surface area contributed by atoms with Gasteiger partial charge in [-0.1, -0.05) is 29.8 Å². The number of aromatic nitrogens is 1. The fraction of sp³-hybridized carbons (Fsp3) is 0.360. The van der Waals surface area contributed by atoms with Crippen LogP contribution in [-0.4, -0.2) is 44.8 Å². The standard InChI is InChI=1S/C25H29N3O3/c1-18-9-11-19(12-10-18)23-20-7-5-13-26(20)14-15-27(23)22(29)17-28(25(2,3)4)24(30)21-8-6-16-31-21/h5-13,16,23H,14-15,17H2,1-4H3. The number of rotatable bonds is 4. The first-order chi connectivity index (χ1) is 14.8. The van der Waals surface area contributed by atoms with E-state index in [9.17, 15) is 9.59 Å². The van der Waals surface area contributed by atoms with Crippen molar-refractivity contribution in [2.24, 2.45) is 0 Å². The molecule has 0 aliphatic carbocycles. The average molecular weight is 420 g/mol. The van der Waals surface area contributed by atoms with E-state index in [-0.39, 0.29) is 30.2 Å². The van der Waals surface area contributed by atoms with Gasteiger partial charge in [-0.05, 0) is 57.5 Å². The minimum atomic E-state index is -0.533. The molecule has 1 aliphatic rings. The molecule has 162 valence electrons. The lowest BCUT2D eigenvalue weighted by molar-refractivity contribution is -0.135. The van der Waals surface area contributed by atoms with Crippen molar-refractivity contribution in [2.75, 3.05) is 13.1 Å². The molecular weight excluding hydrogens is 390 g/mol. The molecule has 1 atom stereocenters. The maximum atomic E-state index is 13.6. The molecule has 6 heteroatoms. The first-order valence-electron chi connectivity index (χ1n) is 10.6. The second kappa shape index (κ2) is 8.10. The second-order valence-corrected chi connectivity index (χ2v) is 9.07. The van der Waals surface area contributed by atoms with Crippen LogP contribution in [0.2, 0.25) is 0 Å². The highest BCUT2D eigenvalue weighted by Gasteiger charge is 2.36. The van der Waals surface area contributed by atoms with Gasteiger partial charge in [-0.2, -0.15) is 0 Å². The average Bonchev–Trinajstić information content (AvgIpc) is 3.42. The summed E-state index contributed by atoms with van der Waals surface area (Å²) in [5, 5.41) is 0. The summed E-state index contributed by atoms with van der Waals surface area (Å²) in [7, 11) is 0. The molecule has 3 heterocycles. The van der Waals surface area contributed by atoms with Gasteiger partial charge in [0.1, 0.15) is 6.54 Å². The van der Waals surface area contributed by atoms with E-state index >= 15 is 0 Å². The molecule has 0 saturated heterocycles. The molecule has 0 spiro atoms. The maximum Gasteiger partial charge on any atom is 0.290 e. The van der Waals surface area contributed by atoms with Crippen LogP contribution >= 0.6 is 0 Å². The number of carbonyl (C=O) groups is 2. The first-order valence-corrected chi connectivity index (χ1v) is 10.6. The lowest BCUT2D eigenvalue weighted by atomic mass is 9.98. The molecule has 2 amide bonds. The fourth-order valence-electron chi connectivity index (χ4n) is 4.12. The molecule has 0 radical (unpaired) electrons. The minimum Gasteiger partial charge on any atom is -0.459 e. The SMILES string of the molecule is Cc1ccc(C2c3cccn3CCN2C(=O)CN(C(=O)c2ccco2)C(C)(C)C)cc1. The smallest absolute Gasteiger partial charge is 0.290 e. The summed E-state index contributed by atoms with van der Waals surface area (Å²) in [5.41, 5.74) is 2.80. The highest BCUT2D eigenvalue weighted by Crippen LogP contribution is 2.33. The summed E-state index contributed by atoms with van der Waals surface area (Å²) in [4.78, 5) is 30.2. The highest BCUT2D eigenvalue weighted by molar-refractivity contribution is 5.95. The summed E-state index contributed by atoms with van der Waals surface area (Å²) in [6.07, 6.45) is 3.53. The molecule has 0 N–H and O–H groups in total. The highest BCUT2D eigenvalue weighted by atomic mass is 16.3. The molecule has 0 saturated carbocycles. The van der Waals surface area contributed by atoms with Crippen LogP contribution in [0.3, 0.4) is 0 Å². The van der Waals surface area contributed by atoms with Crippen molar-refractivity contribution in [1.82, 2.24) is 14.4 Å². The second-order valence-electron chi connectivity index (χ2n) is 9.07. The Kier molecular flexibility index (Phi) is 5.48. The number of hydrogen-bond donors (Lipinski definition) is 0. The Bertz CT molecular complexity index is 1060. The zero-order valence-corrected chi connectivity index (χ0v) is 18.5. The number of benzene rings is 1. The van der Waals surface area contributed by atoms with E-state index in [1.807, 2.05) is 31.7 Å². The summed E-state index contributed by atoms with van der Waals surface area (Å²) in [6, 6.07) is 15.5. The van der Waals surface area contributed by atoms with Crippen molar-refractivity contribution in [2.45, 2.75) is 45.8 Å². The summed E-state index contributed by atoms with van der Waals surface area (Å²) in [6.45, 7) is 9.16. The van der Waals surface area contributed by atoms with E-state index < -0.39 is 5.54 Å². The Morgan fingerprint density at radius 1 is 1.06 bits per heavy atom. The summed E-state index contributed by atoms with van der Waals surface area (Å²) >= 11 is 0. The first kappa shape index (κ1) is 21.0. The van der Waals surface area contributed by atoms with Crippen molar-refractivity contribution >= 4 is 11.8 Å². The van der Waals surface area contributed by atoms with Gasteiger partial charge in [-0.15, -0.1) is 0 Å². The van der Waals surface area contributed by atoms with Crippen LogP contribution < -0.4 is 0 Å². The zero-order valence-electron chi connectivity index (χ0n) is 18.5. The van der Waals surface area contributed by atoms with Crippen LogP contribution in [0, 0.1) is 6.92 Å².